The minimum absolute atomic E-state index is 0.119. The fraction of sp³-hybridized carbons (Fsp3) is 0.368. The second-order valence-electron chi connectivity index (χ2n) is 6.17. The highest BCUT2D eigenvalue weighted by Gasteiger charge is 2.40. The van der Waals surface area contributed by atoms with E-state index in [4.69, 9.17) is 5.73 Å². The molecule has 6 heteroatoms. The van der Waals surface area contributed by atoms with Crippen molar-refractivity contribution < 1.29 is 23.4 Å². The van der Waals surface area contributed by atoms with Crippen molar-refractivity contribution in [3.8, 4) is 11.1 Å². The van der Waals surface area contributed by atoms with Crippen LogP contribution in [0.5, 0.6) is 0 Å². The molecule has 2 atom stereocenters. The molecule has 25 heavy (non-hydrogen) atoms. The van der Waals surface area contributed by atoms with Crippen LogP contribution in [0.4, 0.5) is 13.2 Å². The average molecular weight is 353 g/mol. The van der Waals surface area contributed by atoms with Gasteiger partial charge in [0.25, 0.3) is 0 Å². The van der Waals surface area contributed by atoms with E-state index in [9.17, 15) is 23.4 Å². The van der Waals surface area contributed by atoms with Gasteiger partial charge in [0.15, 0.2) is 0 Å². The number of hydrogen-bond donors (Lipinski definition) is 3. The number of rotatable bonds is 7. The van der Waals surface area contributed by atoms with Gasteiger partial charge in [-0.3, -0.25) is 0 Å². The summed E-state index contributed by atoms with van der Waals surface area (Å²) >= 11 is 0. The van der Waals surface area contributed by atoms with Crippen molar-refractivity contribution in [2.75, 3.05) is 6.54 Å². The molecule has 4 N–H and O–H groups in total. The SMILES string of the molecule is NCC(O)C(O)(CCC(F)(F)F)Cc1ccccc1-c1ccccc1. The van der Waals surface area contributed by atoms with E-state index in [1.807, 2.05) is 42.5 Å². The summed E-state index contributed by atoms with van der Waals surface area (Å²) in [6, 6.07) is 16.5. The molecule has 0 heterocycles. The van der Waals surface area contributed by atoms with Gasteiger partial charge in [0, 0.05) is 19.4 Å². The Morgan fingerprint density at radius 2 is 1.52 bits per heavy atom. The molecule has 2 rings (SSSR count). The van der Waals surface area contributed by atoms with E-state index in [1.165, 1.54) is 0 Å². The number of halogens is 3. The van der Waals surface area contributed by atoms with Crippen LogP contribution in [-0.2, 0) is 6.42 Å². The first kappa shape index (κ1) is 19.4. The Hall–Kier alpha value is -1.89. The molecule has 0 aliphatic heterocycles. The Morgan fingerprint density at radius 3 is 2.12 bits per heavy atom. The fourth-order valence-corrected chi connectivity index (χ4v) is 2.85. The lowest BCUT2D eigenvalue weighted by atomic mass is 9.82. The van der Waals surface area contributed by atoms with E-state index in [-0.39, 0.29) is 13.0 Å². The third-order valence-corrected chi connectivity index (χ3v) is 4.28. The molecule has 0 radical (unpaired) electrons. The van der Waals surface area contributed by atoms with Gasteiger partial charge >= 0.3 is 6.18 Å². The molecule has 0 amide bonds. The summed E-state index contributed by atoms with van der Waals surface area (Å²) < 4.78 is 37.8. The van der Waals surface area contributed by atoms with E-state index < -0.39 is 30.7 Å². The van der Waals surface area contributed by atoms with E-state index >= 15 is 0 Å². The van der Waals surface area contributed by atoms with Crippen molar-refractivity contribution in [2.45, 2.75) is 37.1 Å². The van der Waals surface area contributed by atoms with E-state index in [0.717, 1.165) is 11.1 Å². The quantitative estimate of drug-likeness (QED) is 0.716. The summed E-state index contributed by atoms with van der Waals surface area (Å²) in [6.07, 6.45) is -7.78. The van der Waals surface area contributed by atoms with E-state index in [0.29, 0.717) is 5.56 Å². The van der Waals surface area contributed by atoms with E-state index in [1.54, 1.807) is 12.1 Å². The molecular formula is C19H22F3NO2. The lowest BCUT2D eigenvalue weighted by molar-refractivity contribution is -0.157. The zero-order valence-electron chi connectivity index (χ0n) is 13.7. The van der Waals surface area contributed by atoms with Crippen molar-refractivity contribution in [1.29, 1.82) is 0 Å². The van der Waals surface area contributed by atoms with Gasteiger partial charge in [0.1, 0.15) is 0 Å². The van der Waals surface area contributed by atoms with Gasteiger partial charge in [0.05, 0.1) is 11.7 Å². The molecule has 2 aromatic rings. The van der Waals surface area contributed by atoms with Gasteiger partial charge in [-0.25, -0.2) is 0 Å². The number of alkyl halides is 3. The second kappa shape index (κ2) is 7.99. The van der Waals surface area contributed by atoms with Gasteiger partial charge in [-0.2, -0.15) is 13.2 Å². The minimum atomic E-state index is -4.42. The minimum Gasteiger partial charge on any atom is -0.389 e. The standard InChI is InChI=1S/C19H22F3NO2/c20-19(21,22)11-10-18(25,17(24)13-23)12-15-8-4-5-9-16(15)14-6-2-1-3-7-14/h1-9,17,24-25H,10-13,23H2. The van der Waals surface area contributed by atoms with Crippen LogP contribution < -0.4 is 5.73 Å². The maximum atomic E-state index is 12.6. The highest BCUT2D eigenvalue weighted by molar-refractivity contribution is 5.67. The molecule has 2 unspecified atom stereocenters. The molecular weight excluding hydrogens is 331 g/mol. The lowest BCUT2D eigenvalue weighted by Gasteiger charge is -2.33. The molecule has 3 nitrogen and oxygen atoms in total. The molecule has 0 spiro atoms. The van der Waals surface area contributed by atoms with Crippen LogP contribution in [0.25, 0.3) is 11.1 Å². The van der Waals surface area contributed by atoms with Crippen molar-refractivity contribution in [1.82, 2.24) is 0 Å². The van der Waals surface area contributed by atoms with Crippen LogP contribution in [0, 0.1) is 0 Å². The molecule has 0 saturated carbocycles. The third kappa shape index (κ3) is 5.29. The summed E-state index contributed by atoms with van der Waals surface area (Å²) in [5.41, 5.74) is 5.81. The monoisotopic (exact) mass is 353 g/mol. The first-order valence-corrected chi connectivity index (χ1v) is 8.06. The van der Waals surface area contributed by atoms with Crippen LogP contribution in [0.1, 0.15) is 18.4 Å². The van der Waals surface area contributed by atoms with Crippen molar-refractivity contribution in [3.63, 3.8) is 0 Å². The Labute approximate surface area is 144 Å². The zero-order chi connectivity index (χ0) is 18.5. The van der Waals surface area contributed by atoms with Gasteiger partial charge in [-0.05, 0) is 23.1 Å². The second-order valence-corrected chi connectivity index (χ2v) is 6.17. The third-order valence-electron chi connectivity index (χ3n) is 4.28. The Bertz CT molecular complexity index is 676. The zero-order valence-corrected chi connectivity index (χ0v) is 13.7. The van der Waals surface area contributed by atoms with Crippen molar-refractivity contribution in [3.05, 3.63) is 60.2 Å². The molecule has 0 bridgehead atoms. The predicted molar refractivity (Wildman–Crippen MR) is 90.9 cm³/mol. The van der Waals surface area contributed by atoms with Crippen LogP contribution in [0.2, 0.25) is 0 Å². The molecule has 2 aromatic carbocycles. The molecule has 0 aromatic heterocycles. The summed E-state index contributed by atoms with van der Waals surface area (Å²) in [5.74, 6) is 0. The fourth-order valence-electron chi connectivity index (χ4n) is 2.85. The molecule has 0 aliphatic carbocycles. The Balaban J connectivity index is 2.33. The van der Waals surface area contributed by atoms with Crippen LogP contribution in [0.15, 0.2) is 54.6 Å². The first-order valence-electron chi connectivity index (χ1n) is 8.06. The molecule has 0 fully saturated rings. The van der Waals surface area contributed by atoms with E-state index in [2.05, 4.69) is 0 Å². The lowest BCUT2D eigenvalue weighted by Crippen LogP contribution is -2.49. The highest BCUT2D eigenvalue weighted by atomic mass is 19.4. The summed E-state index contributed by atoms with van der Waals surface area (Å²) in [4.78, 5) is 0. The van der Waals surface area contributed by atoms with Gasteiger partial charge < -0.3 is 15.9 Å². The molecule has 136 valence electrons. The summed E-state index contributed by atoms with van der Waals surface area (Å²) in [6.45, 7) is -0.318. The molecule has 0 saturated heterocycles. The highest BCUT2D eigenvalue weighted by Crippen LogP contribution is 2.33. The number of benzene rings is 2. The number of hydrogen-bond acceptors (Lipinski definition) is 3. The summed E-state index contributed by atoms with van der Waals surface area (Å²) in [7, 11) is 0. The predicted octanol–water partition coefficient (Wildman–Crippen LogP) is 3.29. The van der Waals surface area contributed by atoms with Crippen LogP contribution in [0.3, 0.4) is 0 Å². The Morgan fingerprint density at radius 1 is 0.920 bits per heavy atom. The molecule has 0 aliphatic rings. The topological polar surface area (TPSA) is 66.5 Å². The van der Waals surface area contributed by atoms with Crippen LogP contribution >= 0.6 is 0 Å². The van der Waals surface area contributed by atoms with Gasteiger partial charge in [-0.15, -0.1) is 0 Å². The van der Waals surface area contributed by atoms with Crippen LogP contribution in [-0.4, -0.2) is 34.6 Å². The largest absolute Gasteiger partial charge is 0.389 e. The van der Waals surface area contributed by atoms with Crippen molar-refractivity contribution in [2.24, 2.45) is 5.73 Å². The summed E-state index contributed by atoms with van der Waals surface area (Å²) in [5, 5.41) is 20.8. The Kier molecular flexibility index (Phi) is 6.21. The van der Waals surface area contributed by atoms with Gasteiger partial charge in [-0.1, -0.05) is 54.6 Å². The normalized spacial score (nSPS) is 15.6. The number of aliphatic hydroxyl groups excluding tert-OH is 1. The number of nitrogens with two attached hydrogens (primary N) is 1. The maximum absolute atomic E-state index is 12.6. The average Bonchev–Trinajstić information content (AvgIpc) is 2.60. The smallest absolute Gasteiger partial charge is 0.389 e. The maximum Gasteiger partial charge on any atom is 0.389 e. The van der Waals surface area contributed by atoms with Gasteiger partial charge in [0.2, 0.25) is 0 Å². The van der Waals surface area contributed by atoms with Crippen molar-refractivity contribution >= 4 is 0 Å². The first-order chi connectivity index (χ1) is 11.7. The number of aliphatic hydroxyl groups is 2.